The van der Waals surface area contributed by atoms with E-state index in [2.05, 4.69) is 15.3 Å². The Morgan fingerprint density at radius 1 is 1.26 bits per heavy atom. The molecule has 23 heavy (non-hydrogen) atoms. The van der Waals surface area contributed by atoms with E-state index in [1.807, 2.05) is 19.9 Å². The van der Waals surface area contributed by atoms with Crippen LogP contribution in [0.3, 0.4) is 0 Å². The van der Waals surface area contributed by atoms with Crippen molar-refractivity contribution in [2.75, 3.05) is 12.4 Å². The van der Waals surface area contributed by atoms with E-state index in [-0.39, 0.29) is 5.91 Å². The quantitative estimate of drug-likeness (QED) is 0.760. The average molecular weight is 330 g/mol. The van der Waals surface area contributed by atoms with Crippen molar-refractivity contribution in [1.29, 1.82) is 0 Å². The van der Waals surface area contributed by atoms with E-state index in [4.69, 9.17) is 16.3 Å². The number of nitrogens with zero attached hydrogens (tertiary/aromatic N) is 1. The van der Waals surface area contributed by atoms with Gasteiger partial charge in [-0.25, -0.2) is 4.98 Å². The lowest BCUT2D eigenvalue weighted by molar-refractivity contribution is 0.102. The molecule has 1 aromatic heterocycles. The summed E-state index contributed by atoms with van der Waals surface area (Å²) in [6.45, 7) is 3.75. The molecule has 0 spiro atoms. The van der Waals surface area contributed by atoms with Crippen LogP contribution in [-0.4, -0.2) is 23.0 Å². The minimum atomic E-state index is -0.223. The number of carbonyl (C=O) groups is 1. The fourth-order valence-corrected chi connectivity index (χ4v) is 2.56. The lowest BCUT2D eigenvalue weighted by Gasteiger charge is -2.12. The number of H-pyrrole nitrogens is 1. The summed E-state index contributed by atoms with van der Waals surface area (Å²) in [5.41, 5.74) is 3.65. The number of hydrogen-bond acceptors (Lipinski definition) is 3. The summed E-state index contributed by atoms with van der Waals surface area (Å²) < 4.78 is 5.28. The van der Waals surface area contributed by atoms with Gasteiger partial charge in [0.2, 0.25) is 0 Å². The number of carbonyl (C=O) groups excluding carboxylic acids is 1. The molecule has 3 rings (SSSR count). The summed E-state index contributed by atoms with van der Waals surface area (Å²) >= 11 is 6.08. The van der Waals surface area contributed by atoms with Crippen molar-refractivity contribution < 1.29 is 9.53 Å². The van der Waals surface area contributed by atoms with Gasteiger partial charge in [-0.3, -0.25) is 4.79 Å². The lowest BCUT2D eigenvalue weighted by atomic mass is 10.1. The van der Waals surface area contributed by atoms with Gasteiger partial charge in [0.05, 0.1) is 23.8 Å². The van der Waals surface area contributed by atoms with E-state index in [0.717, 1.165) is 22.4 Å². The van der Waals surface area contributed by atoms with Crippen LogP contribution in [-0.2, 0) is 0 Å². The molecule has 1 amide bonds. The third kappa shape index (κ3) is 3.00. The van der Waals surface area contributed by atoms with Crippen LogP contribution in [0.15, 0.2) is 30.3 Å². The number of aromatic nitrogens is 2. The molecule has 0 fully saturated rings. The van der Waals surface area contributed by atoms with Crippen LogP contribution in [0.25, 0.3) is 11.0 Å². The van der Waals surface area contributed by atoms with Gasteiger partial charge < -0.3 is 15.0 Å². The molecule has 2 aromatic carbocycles. The van der Waals surface area contributed by atoms with Gasteiger partial charge in [0.1, 0.15) is 11.6 Å². The van der Waals surface area contributed by atoms with Crippen LogP contribution in [0, 0.1) is 13.8 Å². The lowest BCUT2D eigenvalue weighted by Crippen LogP contribution is -2.12. The molecule has 2 N–H and O–H groups in total. The number of aromatic amines is 1. The molecule has 6 heteroatoms. The Morgan fingerprint density at radius 3 is 2.78 bits per heavy atom. The molecule has 0 aliphatic heterocycles. The van der Waals surface area contributed by atoms with Crippen molar-refractivity contribution in [2.24, 2.45) is 0 Å². The molecule has 118 valence electrons. The van der Waals surface area contributed by atoms with Gasteiger partial charge in [-0.2, -0.15) is 0 Å². The van der Waals surface area contributed by atoms with Gasteiger partial charge in [-0.1, -0.05) is 11.6 Å². The summed E-state index contributed by atoms with van der Waals surface area (Å²) in [5, 5.41) is 3.45. The molecule has 5 nitrogen and oxygen atoms in total. The number of rotatable bonds is 3. The Morgan fingerprint density at radius 2 is 2.04 bits per heavy atom. The van der Waals surface area contributed by atoms with E-state index in [1.165, 1.54) is 7.11 Å². The molecule has 0 radical (unpaired) electrons. The van der Waals surface area contributed by atoms with Crippen molar-refractivity contribution >= 4 is 34.2 Å². The maximum Gasteiger partial charge on any atom is 0.255 e. The highest BCUT2D eigenvalue weighted by Crippen LogP contribution is 2.31. The predicted molar refractivity (Wildman–Crippen MR) is 91.5 cm³/mol. The number of nitrogens with one attached hydrogen (secondary N) is 2. The van der Waals surface area contributed by atoms with Gasteiger partial charge >= 0.3 is 0 Å². The number of halogens is 1. The Labute approximate surface area is 138 Å². The minimum Gasteiger partial charge on any atom is -0.495 e. The molecular formula is C17H16ClN3O2. The average Bonchev–Trinajstić information content (AvgIpc) is 2.89. The number of imidazole rings is 1. The van der Waals surface area contributed by atoms with Gasteiger partial charge in [-0.15, -0.1) is 0 Å². The van der Waals surface area contributed by atoms with E-state index in [1.54, 1.807) is 24.3 Å². The van der Waals surface area contributed by atoms with Crippen LogP contribution >= 0.6 is 11.6 Å². The van der Waals surface area contributed by atoms with Crippen molar-refractivity contribution in [3.05, 3.63) is 52.3 Å². The SMILES string of the molecule is COc1cc(Cl)c(C)cc1NC(=O)c1ccc2nc(C)[nH]c2c1. The minimum absolute atomic E-state index is 0.223. The first-order valence-corrected chi connectivity index (χ1v) is 7.47. The normalized spacial score (nSPS) is 10.8. The number of hydrogen-bond donors (Lipinski definition) is 2. The monoisotopic (exact) mass is 329 g/mol. The Bertz CT molecular complexity index is 902. The maximum atomic E-state index is 12.5. The highest BCUT2D eigenvalue weighted by molar-refractivity contribution is 6.31. The van der Waals surface area contributed by atoms with Gasteiger partial charge in [0, 0.05) is 16.7 Å². The number of anilines is 1. The molecular weight excluding hydrogens is 314 g/mol. The zero-order valence-corrected chi connectivity index (χ0v) is 13.8. The summed E-state index contributed by atoms with van der Waals surface area (Å²) in [6.07, 6.45) is 0. The predicted octanol–water partition coefficient (Wildman–Crippen LogP) is 4.09. The first-order valence-electron chi connectivity index (χ1n) is 7.10. The van der Waals surface area contributed by atoms with Crippen LogP contribution in [0.5, 0.6) is 5.75 Å². The first kappa shape index (κ1) is 15.4. The molecule has 1 heterocycles. The molecule has 0 saturated carbocycles. The number of aryl methyl sites for hydroxylation is 2. The Balaban J connectivity index is 1.92. The second-order valence-corrected chi connectivity index (χ2v) is 5.72. The molecule has 3 aromatic rings. The second-order valence-electron chi connectivity index (χ2n) is 5.31. The van der Waals surface area contributed by atoms with E-state index >= 15 is 0 Å². The summed E-state index contributed by atoms with van der Waals surface area (Å²) in [4.78, 5) is 19.9. The van der Waals surface area contributed by atoms with Gasteiger partial charge in [-0.05, 0) is 43.7 Å². The highest BCUT2D eigenvalue weighted by Gasteiger charge is 2.13. The molecule has 0 saturated heterocycles. The molecule has 0 aliphatic carbocycles. The topological polar surface area (TPSA) is 67.0 Å². The van der Waals surface area contributed by atoms with Crippen molar-refractivity contribution in [1.82, 2.24) is 9.97 Å². The smallest absolute Gasteiger partial charge is 0.255 e. The maximum absolute atomic E-state index is 12.5. The summed E-state index contributed by atoms with van der Waals surface area (Å²) in [7, 11) is 1.54. The fraction of sp³-hybridized carbons (Fsp3) is 0.176. The van der Waals surface area contributed by atoms with Crippen molar-refractivity contribution in [3.63, 3.8) is 0 Å². The molecule has 0 bridgehead atoms. The summed E-state index contributed by atoms with van der Waals surface area (Å²) in [6, 6.07) is 8.82. The third-order valence-electron chi connectivity index (χ3n) is 3.59. The zero-order chi connectivity index (χ0) is 16.6. The molecule has 0 atom stereocenters. The number of methoxy groups -OCH3 is 1. The molecule has 0 unspecified atom stereocenters. The number of fused-ring (bicyclic) bond motifs is 1. The number of amides is 1. The van der Waals surface area contributed by atoms with Gasteiger partial charge in [0.25, 0.3) is 5.91 Å². The third-order valence-corrected chi connectivity index (χ3v) is 4.00. The summed E-state index contributed by atoms with van der Waals surface area (Å²) in [5.74, 6) is 1.11. The van der Waals surface area contributed by atoms with E-state index < -0.39 is 0 Å². The Kier molecular flexibility index (Phi) is 3.96. The first-order chi connectivity index (χ1) is 11.0. The largest absolute Gasteiger partial charge is 0.495 e. The van der Waals surface area contributed by atoms with Crippen molar-refractivity contribution in [2.45, 2.75) is 13.8 Å². The fourth-order valence-electron chi connectivity index (χ4n) is 2.40. The number of ether oxygens (including phenoxy) is 1. The van der Waals surface area contributed by atoms with Crippen LogP contribution in [0.4, 0.5) is 5.69 Å². The van der Waals surface area contributed by atoms with Crippen LogP contribution < -0.4 is 10.1 Å². The van der Waals surface area contributed by atoms with Crippen LogP contribution in [0.1, 0.15) is 21.7 Å². The van der Waals surface area contributed by atoms with E-state index in [0.29, 0.717) is 22.0 Å². The number of benzene rings is 2. The standard InChI is InChI=1S/C17H16ClN3O2/c1-9-6-15(16(23-3)8-12(9)18)21-17(22)11-4-5-13-14(7-11)20-10(2)19-13/h4-8H,1-3H3,(H,19,20)(H,21,22). The molecule has 0 aliphatic rings. The zero-order valence-electron chi connectivity index (χ0n) is 13.0. The van der Waals surface area contributed by atoms with Crippen molar-refractivity contribution in [3.8, 4) is 5.75 Å². The highest BCUT2D eigenvalue weighted by atomic mass is 35.5. The second kappa shape index (κ2) is 5.93. The van der Waals surface area contributed by atoms with E-state index in [9.17, 15) is 4.79 Å². The van der Waals surface area contributed by atoms with Crippen LogP contribution in [0.2, 0.25) is 5.02 Å². The van der Waals surface area contributed by atoms with Gasteiger partial charge in [0.15, 0.2) is 0 Å². The Hall–Kier alpha value is -2.53.